The number of H-pyrrole nitrogens is 1. The van der Waals surface area contributed by atoms with Gasteiger partial charge in [-0.15, -0.1) is 0 Å². The highest BCUT2D eigenvalue weighted by molar-refractivity contribution is 6.00. The Labute approximate surface area is 182 Å². The van der Waals surface area contributed by atoms with Crippen LogP contribution in [0.5, 0.6) is 11.5 Å². The van der Waals surface area contributed by atoms with E-state index in [1.54, 1.807) is 6.07 Å². The number of benzene rings is 2. The lowest BCUT2D eigenvalue weighted by Crippen LogP contribution is -2.30. The summed E-state index contributed by atoms with van der Waals surface area (Å²) in [5, 5.41) is 18.2. The van der Waals surface area contributed by atoms with E-state index in [0.717, 1.165) is 40.8 Å². The van der Waals surface area contributed by atoms with Gasteiger partial charge in [-0.05, 0) is 62.1 Å². The number of hydrogen-bond acceptors (Lipinski definition) is 4. The summed E-state index contributed by atoms with van der Waals surface area (Å²) < 4.78 is 5.72. The number of carbonyl (C=O) groups is 1. The molecule has 3 aromatic rings. The zero-order chi connectivity index (χ0) is 22.1. The van der Waals surface area contributed by atoms with E-state index in [2.05, 4.69) is 17.1 Å². The Bertz CT molecular complexity index is 1100. The summed E-state index contributed by atoms with van der Waals surface area (Å²) in [7, 11) is 0. The third kappa shape index (κ3) is 3.67. The molecule has 0 radical (unpaired) electrons. The van der Waals surface area contributed by atoms with E-state index in [-0.39, 0.29) is 17.7 Å². The molecule has 0 saturated heterocycles. The number of amides is 1. The molecular weight excluding hydrogens is 390 g/mol. The average Bonchev–Trinajstić information content (AvgIpc) is 3.25. The summed E-state index contributed by atoms with van der Waals surface area (Å²) in [6, 6.07) is 11.4. The Hall–Kier alpha value is -3.28. The molecule has 1 atom stereocenters. The molecule has 162 valence electrons. The van der Waals surface area contributed by atoms with Crippen molar-refractivity contribution in [3.05, 3.63) is 64.3 Å². The molecule has 1 aliphatic rings. The summed E-state index contributed by atoms with van der Waals surface area (Å²) in [5.74, 6) is 0.891. The van der Waals surface area contributed by atoms with E-state index in [9.17, 15) is 9.90 Å². The minimum absolute atomic E-state index is 0.0572. The van der Waals surface area contributed by atoms with Crippen LogP contribution in [0, 0.1) is 13.8 Å². The minimum Gasteiger partial charge on any atom is -0.507 e. The van der Waals surface area contributed by atoms with E-state index in [1.807, 2.05) is 56.0 Å². The fraction of sp³-hybridized carbons (Fsp3) is 0.360. The fourth-order valence-electron chi connectivity index (χ4n) is 4.49. The number of carbonyl (C=O) groups excluding carboxylic acids is 1. The fourth-order valence-corrected chi connectivity index (χ4v) is 4.49. The van der Waals surface area contributed by atoms with E-state index >= 15 is 0 Å². The van der Waals surface area contributed by atoms with Crippen LogP contribution in [0.4, 0.5) is 0 Å². The van der Waals surface area contributed by atoms with Crippen LogP contribution in [0.2, 0.25) is 0 Å². The molecule has 0 spiro atoms. The molecule has 0 saturated carbocycles. The highest BCUT2D eigenvalue weighted by Gasteiger charge is 2.42. The SMILES string of the molecule is CCCCN1C(=O)c2[nH]nc(-c3c(C)cc(C)cc3O)c2C1c1cccc(OCC)c1. The van der Waals surface area contributed by atoms with Crippen molar-refractivity contribution in [1.29, 1.82) is 0 Å². The molecule has 1 aliphatic heterocycles. The van der Waals surface area contributed by atoms with Gasteiger partial charge >= 0.3 is 0 Å². The number of ether oxygens (including phenoxy) is 1. The standard InChI is InChI=1S/C25H29N3O3/c1-5-7-11-28-24(17-9-8-10-18(14-17)31-6-2)21-22(26-27-23(21)25(28)30)20-16(4)12-15(3)13-19(20)29/h8-10,12-14,24,29H,5-7,11H2,1-4H3,(H,26,27). The van der Waals surface area contributed by atoms with Crippen molar-refractivity contribution in [3.8, 4) is 22.8 Å². The van der Waals surface area contributed by atoms with Gasteiger partial charge in [-0.3, -0.25) is 9.89 Å². The number of aromatic nitrogens is 2. The number of rotatable bonds is 7. The number of phenols is 1. The van der Waals surface area contributed by atoms with Gasteiger partial charge in [-0.1, -0.05) is 31.5 Å². The van der Waals surface area contributed by atoms with Crippen LogP contribution in [-0.4, -0.2) is 39.3 Å². The largest absolute Gasteiger partial charge is 0.507 e. The van der Waals surface area contributed by atoms with Crippen LogP contribution >= 0.6 is 0 Å². The number of fused-ring (bicyclic) bond motifs is 1. The smallest absolute Gasteiger partial charge is 0.273 e. The van der Waals surface area contributed by atoms with Crippen molar-refractivity contribution < 1.29 is 14.6 Å². The Morgan fingerprint density at radius 2 is 2.00 bits per heavy atom. The Morgan fingerprint density at radius 1 is 1.19 bits per heavy atom. The van der Waals surface area contributed by atoms with Gasteiger partial charge in [0.2, 0.25) is 0 Å². The number of aromatic hydroxyl groups is 1. The maximum absolute atomic E-state index is 13.3. The highest BCUT2D eigenvalue weighted by Crippen LogP contribution is 2.46. The number of aromatic amines is 1. The van der Waals surface area contributed by atoms with Crippen molar-refractivity contribution in [3.63, 3.8) is 0 Å². The number of unbranched alkanes of at least 4 members (excludes halogenated alkanes) is 1. The van der Waals surface area contributed by atoms with Gasteiger partial charge in [0, 0.05) is 17.7 Å². The molecule has 0 fully saturated rings. The summed E-state index contributed by atoms with van der Waals surface area (Å²) in [6.45, 7) is 9.20. The molecular formula is C25H29N3O3. The molecule has 31 heavy (non-hydrogen) atoms. The minimum atomic E-state index is -0.289. The number of aryl methyl sites for hydroxylation is 2. The number of phenolic OH excluding ortho intramolecular Hbond substituents is 1. The summed E-state index contributed by atoms with van der Waals surface area (Å²) in [4.78, 5) is 15.2. The summed E-state index contributed by atoms with van der Waals surface area (Å²) >= 11 is 0. The number of nitrogens with one attached hydrogen (secondary N) is 1. The topological polar surface area (TPSA) is 78.5 Å². The number of nitrogens with zero attached hydrogens (tertiary/aromatic N) is 2. The first-order valence-electron chi connectivity index (χ1n) is 10.9. The second-order valence-electron chi connectivity index (χ2n) is 8.10. The van der Waals surface area contributed by atoms with Crippen molar-refractivity contribution in [1.82, 2.24) is 15.1 Å². The second-order valence-corrected chi connectivity index (χ2v) is 8.10. The monoisotopic (exact) mass is 419 g/mol. The molecule has 4 rings (SSSR count). The Balaban J connectivity index is 1.90. The molecule has 0 aliphatic carbocycles. The van der Waals surface area contributed by atoms with Gasteiger partial charge in [-0.25, -0.2) is 0 Å². The van der Waals surface area contributed by atoms with Gasteiger partial charge < -0.3 is 14.7 Å². The maximum Gasteiger partial charge on any atom is 0.273 e. The highest BCUT2D eigenvalue weighted by atomic mass is 16.5. The molecule has 6 heteroatoms. The van der Waals surface area contributed by atoms with Crippen molar-refractivity contribution >= 4 is 5.91 Å². The first-order valence-corrected chi connectivity index (χ1v) is 10.9. The maximum atomic E-state index is 13.3. The average molecular weight is 420 g/mol. The zero-order valence-corrected chi connectivity index (χ0v) is 18.5. The van der Waals surface area contributed by atoms with E-state index in [1.165, 1.54) is 0 Å². The van der Waals surface area contributed by atoms with Crippen LogP contribution in [0.15, 0.2) is 36.4 Å². The quantitative estimate of drug-likeness (QED) is 0.556. The van der Waals surface area contributed by atoms with Crippen molar-refractivity contribution in [2.75, 3.05) is 13.2 Å². The van der Waals surface area contributed by atoms with E-state index in [0.29, 0.717) is 30.1 Å². The van der Waals surface area contributed by atoms with Gasteiger partial charge in [-0.2, -0.15) is 5.10 Å². The van der Waals surface area contributed by atoms with Crippen LogP contribution in [0.3, 0.4) is 0 Å². The number of hydrogen-bond donors (Lipinski definition) is 2. The molecule has 0 bridgehead atoms. The molecule has 1 aromatic heterocycles. The normalized spacial score (nSPS) is 15.4. The van der Waals surface area contributed by atoms with Crippen LogP contribution in [-0.2, 0) is 0 Å². The lowest BCUT2D eigenvalue weighted by atomic mass is 9.93. The molecule has 2 N–H and O–H groups in total. The van der Waals surface area contributed by atoms with Crippen LogP contribution in [0.25, 0.3) is 11.3 Å². The van der Waals surface area contributed by atoms with Crippen molar-refractivity contribution in [2.45, 2.75) is 46.6 Å². The van der Waals surface area contributed by atoms with Gasteiger partial charge in [0.25, 0.3) is 5.91 Å². The summed E-state index contributed by atoms with van der Waals surface area (Å²) in [6.07, 6.45) is 1.90. The predicted octanol–water partition coefficient (Wildman–Crippen LogP) is 5.14. The van der Waals surface area contributed by atoms with Gasteiger partial charge in [0.15, 0.2) is 0 Å². The van der Waals surface area contributed by atoms with E-state index < -0.39 is 0 Å². The Kier molecular flexibility index (Phi) is 5.72. The lowest BCUT2D eigenvalue weighted by Gasteiger charge is -2.27. The van der Waals surface area contributed by atoms with Crippen LogP contribution < -0.4 is 4.74 Å². The molecule has 1 unspecified atom stereocenters. The summed E-state index contributed by atoms with van der Waals surface area (Å²) in [5.41, 5.74) is 5.49. The first-order chi connectivity index (χ1) is 15.0. The predicted molar refractivity (Wildman–Crippen MR) is 121 cm³/mol. The zero-order valence-electron chi connectivity index (χ0n) is 18.5. The van der Waals surface area contributed by atoms with Crippen molar-refractivity contribution in [2.24, 2.45) is 0 Å². The van der Waals surface area contributed by atoms with Gasteiger partial charge in [0.1, 0.15) is 22.9 Å². The third-order valence-corrected chi connectivity index (χ3v) is 5.80. The van der Waals surface area contributed by atoms with E-state index in [4.69, 9.17) is 4.74 Å². The third-order valence-electron chi connectivity index (χ3n) is 5.80. The molecule has 1 amide bonds. The lowest BCUT2D eigenvalue weighted by molar-refractivity contribution is 0.0741. The molecule has 6 nitrogen and oxygen atoms in total. The second kappa shape index (κ2) is 8.46. The Morgan fingerprint density at radius 3 is 2.71 bits per heavy atom. The molecule has 2 aromatic carbocycles. The molecule has 2 heterocycles. The van der Waals surface area contributed by atoms with Crippen LogP contribution in [0.1, 0.15) is 65.5 Å². The van der Waals surface area contributed by atoms with Gasteiger partial charge in [0.05, 0.1) is 12.6 Å². The first kappa shape index (κ1) is 21.0.